The Hall–Kier alpha value is -3.82. The fourth-order valence-electron chi connectivity index (χ4n) is 5.28. The Morgan fingerprint density at radius 1 is 1.05 bits per heavy atom. The lowest BCUT2D eigenvalue weighted by atomic mass is 9.92. The summed E-state index contributed by atoms with van der Waals surface area (Å²) in [6.45, 7) is -0.0839. The molecule has 1 aliphatic rings. The van der Waals surface area contributed by atoms with Crippen molar-refractivity contribution in [2.24, 2.45) is 0 Å². The van der Waals surface area contributed by atoms with E-state index in [2.05, 4.69) is 0 Å². The molecule has 6 nitrogen and oxygen atoms in total. The highest BCUT2D eigenvalue weighted by molar-refractivity contribution is 6.32. The number of aromatic nitrogens is 1. The van der Waals surface area contributed by atoms with E-state index in [0.29, 0.717) is 5.56 Å². The summed E-state index contributed by atoms with van der Waals surface area (Å²) >= 11 is 6.68. The molecule has 0 saturated carbocycles. The first-order valence-electron chi connectivity index (χ1n) is 12.3. The molecule has 0 spiro atoms. The van der Waals surface area contributed by atoms with Gasteiger partial charge in [-0.15, -0.1) is 0 Å². The summed E-state index contributed by atoms with van der Waals surface area (Å²) in [5.41, 5.74) is -0.0691. The van der Waals surface area contributed by atoms with Gasteiger partial charge < -0.3 is 15.1 Å². The van der Waals surface area contributed by atoms with Gasteiger partial charge in [0.1, 0.15) is 10.8 Å². The number of pyridine rings is 1. The van der Waals surface area contributed by atoms with Crippen LogP contribution < -0.4 is 10.5 Å². The SMILES string of the molecule is O=C(O)C1CN(CCCO)c2c(-c3cccc(C(F)(F)F)c3)c(Cc3cccc4ccccc34)c(Cl)c(=O)n21. The summed E-state index contributed by atoms with van der Waals surface area (Å²) < 4.78 is 42.3. The Morgan fingerprint density at radius 2 is 1.77 bits per heavy atom. The van der Waals surface area contributed by atoms with E-state index in [-0.39, 0.29) is 54.5 Å². The van der Waals surface area contributed by atoms with Crippen molar-refractivity contribution in [3.8, 4) is 11.1 Å². The van der Waals surface area contributed by atoms with Crippen molar-refractivity contribution < 1.29 is 28.2 Å². The Kier molecular flexibility index (Phi) is 7.13. The van der Waals surface area contributed by atoms with Crippen LogP contribution >= 0.6 is 11.6 Å². The van der Waals surface area contributed by atoms with Gasteiger partial charge in [-0.3, -0.25) is 9.36 Å². The maximum atomic E-state index is 13.7. The summed E-state index contributed by atoms with van der Waals surface area (Å²) in [7, 11) is 0. The Labute approximate surface area is 226 Å². The number of aliphatic carboxylic acids is 1. The minimum atomic E-state index is -4.62. The van der Waals surface area contributed by atoms with E-state index in [4.69, 9.17) is 11.6 Å². The lowest BCUT2D eigenvalue weighted by molar-refractivity contribution is -0.140. The fraction of sp³-hybridized carbons (Fsp3) is 0.241. The molecule has 0 amide bonds. The molecule has 4 aromatic rings. The molecule has 0 bridgehead atoms. The molecule has 2 heterocycles. The second-order valence-electron chi connectivity index (χ2n) is 9.44. The minimum Gasteiger partial charge on any atom is -0.480 e. The number of rotatable bonds is 7. The molecule has 2 N–H and O–H groups in total. The Morgan fingerprint density at radius 3 is 2.49 bits per heavy atom. The number of halogens is 4. The van der Waals surface area contributed by atoms with Crippen LogP contribution in [-0.2, 0) is 17.4 Å². The highest BCUT2D eigenvalue weighted by atomic mass is 35.5. The molecule has 5 rings (SSSR count). The van der Waals surface area contributed by atoms with Gasteiger partial charge >= 0.3 is 12.1 Å². The second-order valence-corrected chi connectivity index (χ2v) is 9.82. The molecular weight excluding hydrogens is 533 g/mol. The van der Waals surface area contributed by atoms with Gasteiger partial charge in [-0.1, -0.05) is 66.2 Å². The van der Waals surface area contributed by atoms with Crippen LogP contribution in [0.25, 0.3) is 21.9 Å². The fourth-order valence-corrected chi connectivity index (χ4v) is 5.53. The number of hydrogen-bond donors (Lipinski definition) is 2. The number of hydrogen-bond acceptors (Lipinski definition) is 4. The summed E-state index contributed by atoms with van der Waals surface area (Å²) in [4.78, 5) is 27.4. The summed E-state index contributed by atoms with van der Waals surface area (Å²) in [6, 6.07) is 16.7. The van der Waals surface area contributed by atoms with Crippen LogP contribution in [0.5, 0.6) is 0 Å². The van der Waals surface area contributed by atoms with Gasteiger partial charge in [0, 0.05) is 25.1 Å². The van der Waals surface area contributed by atoms with Gasteiger partial charge in [0.05, 0.1) is 12.1 Å². The van der Waals surface area contributed by atoms with Crippen LogP contribution in [0.15, 0.2) is 71.5 Å². The number of carbonyl (C=O) groups is 1. The zero-order valence-corrected chi connectivity index (χ0v) is 21.3. The molecule has 3 aromatic carbocycles. The third-order valence-electron chi connectivity index (χ3n) is 7.03. The van der Waals surface area contributed by atoms with E-state index < -0.39 is 29.3 Å². The topological polar surface area (TPSA) is 82.8 Å². The molecular formula is C29H24ClF3N2O4. The average molecular weight is 557 g/mol. The standard InChI is InChI=1S/C29H24ClF3N2O4/c30-25-22(15-18-8-3-7-17-6-1-2-11-21(17)18)24(19-9-4-10-20(14-19)29(31,32)33)26-34(12-5-13-36)16-23(28(38)39)35(26)27(25)37/h1-4,6-11,14,23,36H,5,12-13,15-16H2,(H,38,39). The minimum absolute atomic E-state index is 0.0927. The Balaban J connectivity index is 1.84. The number of aliphatic hydroxyl groups excluding tert-OH is 1. The van der Waals surface area contributed by atoms with Crippen LogP contribution in [0.3, 0.4) is 0 Å². The van der Waals surface area contributed by atoms with E-state index in [1.165, 1.54) is 12.1 Å². The van der Waals surface area contributed by atoms with E-state index in [1.807, 2.05) is 42.5 Å². The third kappa shape index (κ3) is 4.88. The highest BCUT2D eigenvalue weighted by Gasteiger charge is 2.39. The van der Waals surface area contributed by atoms with Gasteiger partial charge in [-0.05, 0) is 46.0 Å². The molecule has 0 fully saturated rings. The van der Waals surface area contributed by atoms with Crippen molar-refractivity contribution in [3.05, 3.63) is 98.8 Å². The second kappa shape index (κ2) is 10.4. The smallest absolute Gasteiger partial charge is 0.416 e. The van der Waals surface area contributed by atoms with Crippen LogP contribution in [-0.4, -0.2) is 40.4 Å². The number of fused-ring (bicyclic) bond motifs is 2. The van der Waals surface area contributed by atoms with Crippen LogP contribution in [0.1, 0.15) is 29.2 Å². The van der Waals surface area contributed by atoms with Crippen LogP contribution in [0.4, 0.5) is 19.0 Å². The molecule has 1 aliphatic heterocycles. The first kappa shape index (κ1) is 26.8. The van der Waals surface area contributed by atoms with Gasteiger partial charge in [-0.25, -0.2) is 4.79 Å². The number of nitrogens with zero attached hydrogens (tertiary/aromatic N) is 2. The first-order valence-corrected chi connectivity index (χ1v) is 12.7. The number of carboxylic acids is 1. The van der Waals surface area contributed by atoms with E-state index in [1.54, 1.807) is 4.90 Å². The lowest BCUT2D eigenvalue weighted by Gasteiger charge is -2.24. The Bertz CT molecular complexity index is 1630. The van der Waals surface area contributed by atoms with Crippen molar-refractivity contribution in [1.29, 1.82) is 0 Å². The van der Waals surface area contributed by atoms with Crippen molar-refractivity contribution in [1.82, 2.24) is 4.57 Å². The summed E-state index contributed by atoms with van der Waals surface area (Å²) in [6.07, 6.45) is -4.23. The number of carboxylic acid groups (broad SMARTS) is 1. The molecule has 1 aromatic heterocycles. The zero-order chi connectivity index (χ0) is 27.9. The highest BCUT2D eigenvalue weighted by Crippen LogP contribution is 2.44. The number of anilines is 1. The summed E-state index contributed by atoms with van der Waals surface area (Å²) in [5.74, 6) is -1.09. The molecule has 202 valence electrons. The number of benzene rings is 3. The summed E-state index contributed by atoms with van der Waals surface area (Å²) in [5, 5.41) is 21.0. The van der Waals surface area contributed by atoms with E-state index in [0.717, 1.165) is 33.0 Å². The van der Waals surface area contributed by atoms with Crippen molar-refractivity contribution >= 4 is 34.2 Å². The predicted octanol–water partition coefficient (Wildman–Crippen LogP) is 5.76. The number of alkyl halides is 3. The van der Waals surface area contributed by atoms with E-state index in [9.17, 15) is 33.0 Å². The lowest BCUT2D eigenvalue weighted by Crippen LogP contribution is -2.29. The van der Waals surface area contributed by atoms with E-state index >= 15 is 0 Å². The van der Waals surface area contributed by atoms with Crippen molar-refractivity contribution in [2.45, 2.75) is 25.1 Å². The normalized spacial score (nSPS) is 15.1. The molecule has 0 aliphatic carbocycles. The maximum Gasteiger partial charge on any atom is 0.416 e. The molecule has 10 heteroatoms. The van der Waals surface area contributed by atoms with Gasteiger partial charge in [-0.2, -0.15) is 13.2 Å². The molecule has 0 radical (unpaired) electrons. The number of aliphatic hydroxyl groups is 1. The molecule has 0 saturated heterocycles. The first-order chi connectivity index (χ1) is 18.6. The zero-order valence-electron chi connectivity index (χ0n) is 20.6. The monoisotopic (exact) mass is 556 g/mol. The largest absolute Gasteiger partial charge is 0.480 e. The third-order valence-corrected chi connectivity index (χ3v) is 7.42. The molecule has 1 unspecified atom stereocenters. The van der Waals surface area contributed by atoms with Crippen LogP contribution in [0.2, 0.25) is 5.02 Å². The van der Waals surface area contributed by atoms with Gasteiger partial charge in [0.25, 0.3) is 5.56 Å². The quantitative estimate of drug-likeness (QED) is 0.302. The van der Waals surface area contributed by atoms with Gasteiger partial charge in [0.2, 0.25) is 0 Å². The predicted molar refractivity (Wildman–Crippen MR) is 143 cm³/mol. The van der Waals surface area contributed by atoms with Gasteiger partial charge in [0.15, 0.2) is 6.04 Å². The van der Waals surface area contributed by atoms with Crippen LogP contribution in [0, 0.1) is 0 Å². The van der Waals surface area contributed by atoms with Crippen molar-refractivity contribution in [2.75, 3.05) is 24.6 Å². The molecule has 39 heavy (non-hydrogen) atoms. The van der Waals surface area contributed by atoms with Crippen molar-refractivity contribution in [3.63, 3.8) is 0 Å². The average Bonchev–Trinajstić information content (AvgIpc) is 3.30. The molecule has 1 atom stereocenters. The maximum absolute atomic E-state index is 13.7.